The summed E-state index contributed by atoms with van der Waals surface area (Å²) in [5.41, 5.74) is 6.95. The monoisotopic (exact) mass is 755 g/mol. The minimum atomic E-state index is -0.381. The van der Waals surface area contributed by atoms with Crippen molar-refractivity contribution in [3.05, 3.63) is 93.1 Å². The van der Waals surface area contributed by atoms with Gasteiger partial charge in [0.25, 0.3) is 0 Å². The van der Waals surface area contributed by atoms with E-state index in [-0.39, 0.29) is 70.3 Å². The standard InChI is InChI=1S/C49H70O6/c1-17-30(3)44(52)54-23-24-55-45(53)31(4)25-32(18-2)33-19-21-34(22-20-33)41(35-26-37(46(5,6)7)42(50)38(27-35)47(8,9)10)36-28-39(48(11,12)13)43(51)40(29-36)49(14,15)16/h19-22,26-32,50H,17-18,23-25H2,1-16H3. The van der Waals surface area contributed by atoms with Gasteiger partial charge in [-0.05, 0) is 99.0 Å². The Balaban J connectivity index is 2.17. The lowest BCUT2D eigenvalue weighted by Crippen LogP contribution is -2.28. The van der Waals surface area contributed by atoms with E-state index < -0.39 is 0 Å². The van der Waals surface area contributed by atoms with Crippen molar-refractivity contribution in [1.29, 1.82) is 0 Å². The number of phenolic OH excluding ortho intramolecular Hbond substituents is 1. The molecule has 6 heteroatoms. The zero-order valence-corrected chi connectivity index (χ0v) is 36.9. The van der Waals surface area contributed by atoms with Crippen LogP contribution in [0.1, 0.15) is 164 Å². The predicted molar refractivity (Wildman–Crippen MR) is 226 cm³/mol. The van der Waals surface area contributed by atoms with Gasteiger partial charge >= 0.3 is 11.9 Å². The van der Waals surface area contributed by atoms with E-state index in [9.17, 15) is 19.5 Å². The molecule has 0 bridgehead atoms. The number of hydrogen-bond acceptors (Lipinski definition) is 6. The Morgan fingerprint density at radius 3 is 1.45 bits per heavy atom. The Morgan fingerprint density at radius 1 is 0.636 bits per heavy atom. The molecule has 0 amide bonds. The summed E-state index contributed by atoms with van der Waals surface area (Å²) in [7, 11) is 0. The number of aromatic hydroxyl groups is 1. The maximum Gasteiger partial charge on any atom is 0.308 e. The number of rotatable bonds is 12. The van der Waals surface area contributed by atoms with Crippen LogP contribution in [0, 0.1) is 22.7 Å². The normalized spacial score (nSPS) is 15.9. The van der Waals surface area contributed by atoms with Gasteiger partial charge in [-0.1, -0.05) is 135 Å². The number of carbonyl (C=O) groups excluding carboxylic acids is 3. The fourth-order valence-electron chi connectivity index (χ4n) is 7.03. The molecular formula is C49H70O6. The first-order valence-corrected chi connectivity index (χ1v) is 20.3. The van der Waals surface area contributed by atoms with Crippen LogP contribution in [0.25, 0.3) is 5.57 Å². The van der Waals surface area contributed by atoms with E-state index in [1.807, 2.05) is 20.8 Å². The molecule has 0 fully saturated rings. The van der Waals surface area contributed by atoms with Gasteiger partial charge < -0.3 is 14.6 Å². The van der Waals surface area contributed by atoms with E-state index in [1.54, 1.807) is 0 Å². The summed E-state index contributed by atoms with van der Waals surface area (Å²) in [5, 5.41) is 11.7. The first kappa shape index (κ1) is 45.5. The van der Waals surface area contributed by atoms with Gasteiger partial charge in [0, 0.05) is 22.3 Å². The molecule has 0 heterocycles. The fourth-order valence-corrected chi connectivity index (χ4v) is 7.03. The van der Waals surface area contributed by atoms with Gasteiger partial charge in [0.2, 0.25) is 0 Å². The molecule has 302 valence electrons. The summed E-state index contributed by atoms with van der Waals surface area (Å²) in [4.78, 5) is 39.0. The van der Waals surface area contributed by atoms with Crippen molar-refractivity contribution in [2.45, 2.75) is 147 Å². The molecule has 0 saturated heterocycles. The van der Waals surface area contributed by atoms with Crippen molar-refractivity contribution in [1.82, 2.24) is 0 Å². The molecule has 0 spiro atoms. The smallest absolute Gasteiger partial charge is 0.308 e. The number of esters is 2. The highest BCUT2D eigenvalue weighted by Gasteiger charge is 2.35. The molecule has 55 heavy (non-hydrogen) atoms. The van der Waals surface area contributed by atoms with Gasteiger partial charge in [-0.2, -0.15) is 0 Å². The Morgan fingerprint density at radius 2 is 1.07 bits per heavy atom. The van der Waals surface area contributed by atoms with Crippen LogP contribution in [0.15, 0.2) is 65.3 Å². The van der Waals surface area contributed by atoms with Crippen molar-refractivity contribution >= 4 is 23.3 Å². The number of carbonyl (C=O) groups is 3. The highest BCUT2D eigenvalue weighted by Crippen LogP contribution is 2.46. The summed E-state index contributed by atoms with van der Waals surface area (Å²) < 4.78 is 10.7. The summed E-state index contributed by atoms with van der Waals surface area (Å²) in [5.74, 6) is -0.557. The largest absolute Gasteiger partial charge is 0.507 e. The van der Waals surface area contributed by atoms with Crippen molar-refractivity contribution in [2.75, 3.05) is 13.2 Å². The molecule has 6 nitrogen and oxygen atoms in total. The van der Waals surface area contributed by atoms with Gasteiger partial charge in [-0.3, -0.25) is 14.4 Å². The number of phenols is 1. The van der Waals surface area contributed by atoms with Gasteiger partial charge in [-0.15, -0.1) is 0 Å². The Kier molecular flexibility index (Phi) is 14.4. The van der Waals surface area contributed by atoms with E-state index in [4.69, 9.17) is 9.47 Å². The highest BCUT2D eigenvalue weighted by atomic mass is 16.6. The lowest BCUT2D eigenvalue weighted by molar-refractivity contribution is -0.157. The fraction of sp³-hybridized carbons (Fsp3) is 0.571. The van der Waals surface area contributed by atoms with E-state index in [1.165, 1.54) is 0 Å². The third-order valence-corrected chi connectivity index (χ3v) is 10.8. The van der Waals surface area contributed by atoms with Crippen LogP contribution in [0.2, 0.25) is 0 Å². The topological polar surface area (TPSA) is 89.9 Å². The van der Waals surface area contributed by atoms with Crippen LogP contribution in [-0.4, -0.2) is 36.0 Å². The first-order valence-electron chi connectivity index (χ1n) is 20.3. The summed E-state index contributed by atoms with van der Waals surface area (Å²) >= 11 is 0. The molecule has 0 aliphatic heterocycles. The van der Waals surface area contributed by atoms with Gasteiger partial charge in [0.05, 0.1) is 11.8 Å². The molecule has 0 saturated carbocycles. The summed E-state index contributed by atoms with van der Waals surface area (Å²) in [6.45, 7) is 33.2. The summed E-state index contributed by atoms with van der Waals surface area (Å²) in [6, 6.07) is 12.9. The zero-order valence-electron chi connectivity index (χ0n) is 36.9. The number of ketones is 1. The first-order chi connectivity index (χ1) is 25.2. The van der Waals surface area contributed by atoms with E-state index in [2.05, 4.69) is 139 Å². The van der Waals surface area contributed by atoms with Crippen LogP contribution < -0.4 is 0 Å². The number of ether oxygens (including phenoxy) is 2. The average molecular weight is 755 g/mol. The van der Waals surface area contributed by atoms with Gasteiger partial charge in [-0.25, -0.2) is 0 Å². The average Bonchev–Trinajstić information content (AvgIpc) is 3.07. The van der Waals surface area contributed by atoms with Crippen LogP contribution in [0.5, 0.6) is 5.75 Å². The Bertz CT molecular complexity index is 1740. The maximum atomic E-state index is 14.1. The second-order valence-electron chi connectivity index (χ2n) is 19.7. The molecule has 0 radical (unpaired) electrons. The molecule has 1 N–H and O–H groups in total. The molecule has 1 aliphatic rings. The van der Waals surface area contributed by atoms with Crippen molar-refractivity contribution in [2.24, 2.45) is 22.7 Å². The Labute approximate surface area is 332 Å². The maximum absolute atomic E-state index is 14.1. The van der Waals surface area contributed by atoms with Crippen LogP contribution in [-0.2, 0) is 34.7 Å². The Hall–Kier alpha value is -3.93. The van der Waals surface area contributed by atoms with E-state index in [0.717, 1.165) is 56.5 Å². The number of benzene rings is 2. The predicted octanol–water partition coefficient (Wildman–Crippen LogP) is 12.0. The molecule has 0 aromatic heterocycles. The number of Topliss-reactive ketones (excluding diaryl/α,β-unsaturated/α-hetero) is 1. The minimum absolute atomic E-state index is 0.0434. The third-order valence-electron chi connectivity index (χ3n) is 10.8. The molecule has 3 unspecified atom stereocenters. The summed E-state index contributed by atoms with van der Waals surface area (Å²) in [6.07, 6.45) is 6.32. The minimum Gasteiger partial charge on any atom is -0.507 e. The third kappa shape index (κ3) is 11.3. The van der Waals surface area contributed by atoms with Crippen LogP contribution in [0.3, 0.4) is 0 Å². The second-order valence-corrected chi connectivity index (χ2v) is 19.7. The molecule has 3 rings (SSSR count). The van der Waals surface area contributed by atoms with E-state index in [0.29, 0.717) is 18.6 Å². The molecule has 2 aromatic rings. The van der Waals surface area contributed by atoms with Crippen molar-refractivity contribution < 1.29 is 29.0 Å². The van der Waals surface area contributed by atoms with E-state index >= 15 is 0 Å². The second kappa shape index (κ2) is 17.5. The SMILES string of the molecule is CCC(C)C(=O)OCCOC(=O)C(C)CC(CC)c1ccc(C(=C2C=C(C(C)(C)C)C(=O)C(C(C)(C)C)=C2)c2cc(C(C)(C)C)c(O)c(C(C)(C)C)c2)cc1. The lowest BCUT2D eigenvalue weighted by Gasteiger charge is -2.32. The van der Waals surface area contributed by atoms with Gasteiger partial charge in [0.1, 0.15) is 19.0 Å². The van der Waals surface area contributed by atoms with Crippen LogP contribution in [0.4, 0.5) is 0 Å². The lowest BCUT2D eigenvalue weighted by atomic mass is 9.70. The molecule has 2 aromatic carbocycles. The highest BCUT2D eigenvalue weighted by molar-refractivity contribution is 6.12. The molecular weight excluding hydrogens is 685 g/mol. The van der Waals surface area contributed by atoms with Crippen molar-refractivity contribution in [3.8, 4) is 5.75 Å². The zero-order chi connectivity index (χ0) is 41.8. The number of allylic oxidation sites excluding steroid dienone is 5. The van der Waals surface area contributed by atoms with Gasteiger partial charge in [0.15, 0.2) is 5.78 Å². The molecule has 3 atom stereocenters. The van der Waals surface area contributed by atoms with Crippen LogP contribution >= 0.6 is 0 Å². The number of hydrogen-bond donors (Lipinski definition) is 1. The van der Waals surface area contributed by atoms with Crippen molar-refractivity contribution in [3.63, 3.8) is 0 Å². The molecule has 1 aliphatic carbocycles. The quantitative estimate of drug-likeness (QED) is 0.171.